The lowest BCUT2D eigenvalue weighted by molar-refractivity contribution is 0.0676. The van der Waals surface area contributed by atoms with Crippen LogP contribution < -0.4 is 4.72 Å². The number of likely N-dealkylation sites (tertiary alicyclic amines) is 1. The van der Waals surface area contributed by atoms with E-state index in [2.05, 4.69) is 14.8 Å². The molecule has 162 valence electrons. The van der Waals surface area contributed by atoms with Crippen molar-refractivity contribution in [1.82, 2.24) is 24.4 Å². The van der Waals surface area contributed by atoms with E-state index in [-0.39, 0.29) is 16.7 Å². The van der Waals surface area contributed by atoms with E-state index in [0.29, 0.717) is 25.2 Å². The molecule has 3 aromatic rings. The van der Waals surface area contributed by atoms with Crippen LogP contribution >= 0.6 is 0 Å². The Morgan fingerprint density at radius 3 is 2.55 bits per heavy atom. The van der Waals surface area contributed by atoms with Crippen LogP contribution in [0.3, 0.4) is 0 Å². The molecule has 1 unspecified atom stereocenters. The second-order valence-corrected chi connectivity index (χ2v) is 9.58. The van der Waals surface area contributed by atoms with Gasteiger partial charge in [-0.3, -0.25) is 4.79 Å². The van der Waals surface area contributed by atoms with Gasteiger partial charge in [-0.2, -0.15) is 5.10 Å². The first-order chi connectivity index (χ1) is 14.9. The van der Waals surface area contributed by atoms with Crippen LogP contribution in [-0.4, -0.2) is 53.6 Å². The van der Waals surface area contributed by atoms with Crippen LogP contribution in [0.5, 0.6) is 0 Å². The van der Waals surface area contributed by atoms with Crippen LogP contribution in [0.25, 0.3) is 5.69 Å². The third-order valence-corrected chi connectivity index (χ3v) is 6.94. The van der Waals surface area contributed by atoms with E-state index in [1.54, 1.807) is 52.3 Å². The number of piperidine rings is 1. The normalized spacial score (nSPS) is 16.9. The summed E-state index contributed by atoms with van der Waals surface area (Å²) in [6, 6.07) is 14.0. The van der Waals surface area contributed by atoms with Crippen LogP contribution in [0, 0.1) is 12.8 Å². The molecule has 1 atom stereocenters. The lowest BCUT2D eigenvalue weighted by Gasteiger charge is -2.33. The average Bonchev–Trinajstić information content (AvgIpc) is 3.33. The summed E-state index contributed by atoms with van der Waals surface area (Å²) in [6.45, 7) is 3.43. The zero-order valence-corrected chi connectivity index (χ0v) is 18.1. The van der Waals surface area contributed by atoms with Crippen molar-refractivity contribution >= 4 is 15.9 Å². The summed E-state index contributed by atoms with van der Waals surface area (Å²) < 4.78 is 29.4. The number of rotatable bonds is 6. The van der Waals surface area contributed by atoms with E-state index in [1.165, 1.54) is 6.33 Å². The third kappa shape index (κ3) is 5.00. The van der Waals surface area contributed by atoms with Gasteiger partial charge < -0.3 is 4.90 Å². The highest BCUT2D eigenvalue weighted by atomic mass is 32.2. The molecule has 2 aromatic carbocycles. The maximum atomic E-state index is 13.0. The van der Waals surface area contributed by atoms with E-state index < -0.39 is 10.0 Å². The van der Waals surface area contributed by atoms with E-state index in [1.807, 2.05) is 19.1 Å². The average molecular weight is 440 g/mol. The van der Waals surface area contributed by atoms with Crippen molar-refractivity contribution in [2.24, 2.45) is 5.92 Å². The van der Waals surface area contributed by atoms with Gasteiger partial charge in [0.2, 0.25) is 10.0 Å². The van der Waals surface area contributed by atoms with Gasteiger partial charge in [0.05, 0.1) is 10.6 Å². The lowest BCUT2D eigenvalue weighted by atomic mass is 9.97. The molecule has 1 aliphatic heterocycles. The molecule has 0 aliphatic carbocycles. The number of hydrogen-bond acceptors (Lipinski definition) is 5. The highest BCUT2D eigenvalue weighted by Crippen LogP contribution is 2.20. The summed E-state index contributed by atoms with van der Waals surface area (Å²) >= 11 is 0. The minimum Gasteiger partial charge on any atom is -0.338 e. The summed E-state index contributed by atoms with van der Waals surface area (Å²) in [5.74, 6) is 0.0311. The molecule has 1 amide bonds. The second kappa shape index (κ2) is 8.99. The number of nitrogens with one attached hydrogen (secondary N) is 1. The van der Waals surface area contributed by atoms with Gasteiger partial charge in [-0.25, -0.2) is 22.8 Å². The number of carbonyl (C=O) groups is 1. The minimum absolute atomic E-state index is 0.0452. The van der Waals surface area contributed by atoms with Gasteiger partial charge in [0.1, 0.15) is 12.7 Å². The molecule has 0 spiro atoms. The molecule has 0 bridgehead atoms. The molecule has 1 aliphatic rings. The van der Waals surface area contributed by atoms with Crippen LogP contribution in [-0.2, 0) is 10.0 Å². The standard InChI is InChI=1S/C22H25N5O3S/c1-17-4-10-21(11-5-17)31(29,30)25-13-18-3-2-12-26(14-18)22(28)19-6-8-20(9-7-19)27-16-23-15-24-27/h4-11,15-16,18,25H,2-3,12-14H2,1H3. The Morgan fingerprint density at radius 2 is 1.87 bits per heavy atom. The molecule has 8 nitrogen and oxygen atoms in total. The Labute approximate surface area is 182 Å². The van der Waals surface area contributed by atoms with Gasteiger partial charge in [0.15, 0.2) is 0 Å². The molecule has 1 fully saturated rings. The molecule has 1 N–H and O–H groups in total. The van der Waals surface area contributed by atoms with Gasteiger partial charge in [-0.15, -0.1) is 0 Å². The Balaban J connectivity index is 1.36. The molecule has 0 saturated carbocycles. The molecular weight excluding hydrogens is 414 g/mol. The summed E-state index contributed by atoms with van der Waals surface area (Å²) in [5, 5.41) is 4.08. The Hall–Kier alpha value is -3.04. The van der Waals surface area contributed by atoms with Crippen LogP contribution in [0.1, 0.15) is 28.8 Å². The van der Waals surface area contributed by atoms with E-state index in [9.17, 15) is 13.2 Å². The van der Waals surface area contributed by atoms with Gasteiger partial charge in [-0.1, -0.05) is 17.7 Å². The van der Waals surface area contributed by atoms with Crippen molar-refractivity contribution < 1.29 is 13.2 Å². The fourth-order valence-corrected chi connectivity index (χ4v) is 4.84. The van der Waals surface area contributed by atoms with Crippen LogP contribution in [0.2, 0.25) is 0 Å². The smallest absolute Gasteiger partial charge is 0.253 e. The maximum absolute atomic E-state index is 13.0. The minimum atomic E-state index is -3.56. The quantitative estimate of drug-likeness (QED) is 0.636. The molecule has 0 radical (unpaired) electrons. The van der Waals surface area contributed by atoms with Gasteiger partial charge >= 0.3 is 0 Å². The summed E-state index contributed by atoms with van der Waals surface area (Å²) in [4.78, 5) is 18.9. The van der Waals surface area contributed by atoms with Gasteiger partial charge in [0.25, 0.3) is 5.91 Å². The van der Waals surface area contributed by atoms with E-state index >= 15 is 0 Å². The molecule has 1 aromatic heterocycles. The number of carbonyl (C=O) groups excluding carboxylic acids is 1. The van der Waals surface area contributed by atoms with Crippen molar-refractivity contribution in [2.45, 2.75) is 24.7 Å². The number of aromatic nitrogens is 3. The Morgan fingerprint density at radius 1 is 1.13 bits per heavy atom. The lowest BCUT2D eigenvalue weighted by Crippen LogP contribution is -2.43. The molecule has 31 heavy (non-hydrogen) atoms. The number of hydrogen-bond donors (Lipinski definition) is 1. The summed E-state index contributed by atoms with van der Waals surface area (Å²) in [7, 11) is -3.56. The maximum Gasteiger partial charge on any atom is 0.253 e. The van der Waals surface area contributed by atoms with Crippen molar-refractivity contribution in [3.8, 4) is 5.69 Å². The number of nitrogens with zero attached hydrogens (tertiary/aromatic N) is 4. The van der Waals surface area contributed by atoms with Crippen molar-refractivity contribution in [3.63, 3.8) is 0 Å². The monoisotopic (exact) mass is 439 g/mol. The van der Waals surface area contributed by atoms with E-state index in [4.69, 9.17) is 0 Å². The van der Waals surface area contributed by atoms with E-state index in [0.717, 1.165) is 24.1 Å². The highest BCUT2D eigenvalue weighted by Gasteiger charge is 2.26. The Bertz CT molecular complexity index is 1130. The molecular formula is C22H25N5O3S. The molecule has 4 rings (SSSR count). The van der Waals surface area contributed by atoms with Gasteiger partial charge in [0, 0.05) is 25.2 Å². The second-order valence-electron chi connectivity index (χ2n) is 7.81. The topological polar surface area (TPSA) is 97.2 Å². The van der Waals surface area contributed by atoms with Crippen LogP contribution in [0.4, 0.5) is 0 Å². The summed E-state index contributed by atoms with van der Waals surface area (Å²) in [6.07, 6.45) is 4.79. The predicted octanol–water partition coefficient (Wildman–Crippen LogP) is 2.41. The molecule has 2 heterocycles. The first-order valence-corrected chi connectivity index (χ1v) is 11.7. The molecule has 1 saturated heterocycles. The van der Waals surface area contributed by atoms with Crippen molar-refractivity contribution in [3.05, 3.63) is 72.3 Å². The zero-order chi connectivity index (χ0) is 21.8. The van der Waals surface area contributed by atoms with Gasteiger partial charge in [-0.05, 0) is 62.1 Å². The summed E-state index contributed by atoms with van der Waals surface area (Å²) in [5.41, 5.74) is 2.44. The fraction of sp³-hybridized carbons (Fsp3) is 0.318. The molecule has 9 heteroatoms. The first-order valence-electron chi connectivity index (χ1n) is 10.2. The number of aryl methyl sites for hydroxylation is 1. The SMILES string of the molecule is Cc1ccc(S(=O)(=O)NCC2CCCN(C(=O)c3ccc(-n4cncn4)cc3)C2)cc1. The van der Waals surface area contributed by atoms with Crippen molar-refractivity contribution in [1.29, 1.82) is 0 Å². The largest absolute Gasteiger partial charge is 0.338 e. The van der Waals surface area contributed by atoms with Crippen LogP contribution in [0.15, 0.2) is 66.1 Å². The van der Waals surface area contributed by atoms with Crippen molar-refractivity contribution in [2.75, 3.05) is 19.6 Å². The predicted molar refractivity (Wildman–Crippen MR) is 116 cm³/mol. The zero-order valence-electron chi connectivity index (χ0n) is 17.3. The number of amides is 1. The fourth-order valence-electron chi connectivity index (χ4n) is 3.73. The number of sulfonamides is 1. The number of benzene rings is 2. The third-order valence-electron chi connectivity index (χ3n) is 5.50. The Kier molecular flexibility index (Phi) is 6.15. The highest BCUT2D eigenvalue weighted by molar-refractivity contribution is 7.89. The first kappa shape index (κ1) is 21.2.